The van der Waals surface area contributed by atoms with E-state index in [0.717, 1.165) is 12.8 Å². The van der Waals surface area contributed by atoms with Crippen LogP contribution >= 0.6 is 0 Å². The molecule has 1 aliphatic carbocycles. The van der Waals surface area contributed by atoms with Gasteiger partial charge in [-0.25, -0.2) is 13.1 Å². The average molecular weight is 418 g/mol. The number of sulfonamides is 1. The normalized spacial score (nSPS) is 18.2. The second-order valence-corrected chi connectivity index (χ2v) is 8.65. The SMILES string of the molecule is COc1ccc(C(=O)NCC2COc3ccccc3O2)cc1S(=O)(=O)NC1CC1. The first-order valence-corrected chi connectivity index (χ1v) is 10.8. The van der Waals surface area contributed by atoms with E-state index in [9.17, 15) is 13.2 Å². The fraction of sp³-hybridized carbons (Fsp3) is 0.350. The molecule has 0 aromatic heterocycles. The third-order valence-electron chi connectivity index (χ3n) is 4.67. The van der Waals surface area contributed by atoms with E-state index >= 15 is 0 Å². The summed E-state index contributed by atoms with van der Waals surface area (Å²) in [6, 6.07) is 11.6. The van der Waals surface area contributed by atoms with Gasteiger partial charge in [0.25, 0.3) is 5.91 Å². The maximum atomic E-state index is 12.6. The molecule has 2 aromatic rings. The van der Waals surface area contributed by atoms with E-state index in [1.165, 1.54) is 25.3 Å². The molecule has 1 atom stereocenters. The first-order valence-electron chi connectivity index (χ1n) is 9.33. The molecule has 154 valence electrons. The number of nitrogens with one attached hydrogen (secondary N) is 2. The van der Waals surface area contributed by atoms with Crippen molar-refractivity contribution in [2.24, 2.45) is 0 Å². The number of carbonyl (C=O) groups is 1. The standard InChI is InChI=1S/C20H22N2O6S/c1-26-18-9-6-13(10-19(18)29(24,25)22-14-7-8-14)20(23)21-11-15-12-27-16-4-2-3-5-17(16)28-15/h2-6,9-10,14-15,22H,7-8,11-12H2,1H3,(H,21,23). The molecule has 2 aromatic carbocycles. The van der Waals surface area contributed by atoms with E-state index in [4.69, 9.17) is 14.2 Å². The van der Waals surface area contributed by atoms with Gasteiger partial charge in [0.1, 0.15) is 23.4 Å². The molecule has 8 nitrogen and oxygen atoms in total. The van der Waals surface area contributed by atoms with E-state index in [1.807, 2.05) is 18.2 Å². The second kappa shape index (κ2) is 7.92. The van der Waals surface area contributed by atoms with E-state index < -0.39 is 15.9 Å². The minimum absolute atomic E-state index is 0.0477. The maximum Gasteiger partial charge on any atom is 0.251 e. The fourth-order valence-electron chi connectivity index (χ4n) is 2.98. The molecule has 0 saturated heterocycles. The third-order valence-corrected chi connectivity index (χ3v) is 6.21. The summed E-state index contributed by atoms with van der Waals surface area (Å²) in [5.41, 5.74) is 0.221. The van der Waals surface area contributed by atoms with Crippen molar-refractivity contribution in [3.05, 3.63) is 48.0 Å². The molecule has 2 N–H and O–H groups in total. The predicted octanol–water partition coefficient (Wildman–Crippen LogP) is 1.71. The number of fused-ring (bicyclic) bond motifs is 1. The van der Waals surface area contributed by atoms with E-state index in [-0.39, 0.29) is 34.9 Å². The van der Waals surface area contributed by atoms with Crippen molar-refractivity contribution in [3.63, 3.8) is 0 Å². The molecule has 2 aliphatic rings. The lowest BCUT2D eigenvalue weighted by Gasteiger charge is -2.26. The average Bonchev–Trinajstić information content (AvgIpc) is 3.54. The van der Waals surface area contributed by atoms with Gasteiger partial charge >= 0.3 is 0 Å². The van der Waals surface area contributed by atoms with Crippen LogP contribution in [0, 0.1) is 0 Å². The van der Waals surface area contributed by atoms with Crippen molar-refractivity contribution in [1.82, 2.24) is 10.0 Å². The molecular weight excluding hydrogens is 396 g/mol. The highest BCUT2D eigenvalue weighted by atomic mass is 32.2. The molecule has 9 heteroatoms. The number of ether oxygens (including phenoxy) is 3. The first kappa shape index (κ1) is 19.5. The van der Waals surface area contributed by atoms with Crippen LogP contribution in [0.25, 0.3) is 0 Å². The largest absolute Gasteiger partial charge is 0.495 e. The monoisotopic (exact) mass is 418 g/mol. The van der Waals surface area contributed by atoms with Crippen LogP contribution < -0.4 is 24.2 Å². The van der Waals surface area contributed by atoms with E-state index in [1.54, 1.807) is 6.07 Å². The van der Waals surface area contributed by atoms with Crippen LogP contribution in [0.2, 0.25) is 0 Å². The molecule has 1 fully saturated rings. The molecule has 1 heterocycles. The lowest BCUT2D eigenvalue weighted by Crippen LogP contribution is -2.40. The van der Waals surface area contributed by atoms with Gasteiger partial charge < -0.3 is 19.5 Å². The minimum atomic E-state index is -3.76. The van der Waals surface area contributed by atoms with Gasteiger partial charge in [-0.1, -0.05) is 12.1 Å². The van der Waals surface area contributed by atoms with Crippen LogP contribution in [0.1, 0.15) is 23.2 Å². The zero-order valence-corrected chi connectivity index (χ0v) is 16.7. The van der Waals surface area contributed by atoms with Gasteiger partial charge in [0, 0.05) is 11.6 Å². The van der Waals surface area contributed by atoms with Crippen molar-refractivity contribution < 1.29 is 27.4 Å². The highest BCUT2D eigenvalue weighted by Gasteiger charge is 2.30. The highest BCUT2D eigenvalue weighted by Crippen LogP contribution is 2.31. The van der Waals surface area contributed by atoms with Gasteiger partial charge in [0.2, 0.25) is 10.0 Å². The molecule has 0 spiro atoms. The van der Waals surface area contributed by atoms with Crippen LogP contribution in [0.15, 0.2) is 47.4 Å². The topological polar surface area (TPSA) is 103 Å². The molecule has 0 radical (unpaired) electrons. The Morgan fingerprint density at radius 2 is 1.93 bits per heavy atom. The molecule has 0 bridgehead atoms. The first-order chi connectivity index (χ1) is 14.0. The summed E-state index contributed by atoms with van der Waals surface area (Å²) in [5, 5.41) is 2.77. The Morgan fingerprint density at radius 1 is 1.17 bits per heavy atom. The summed E-state index contributed by atoms with van der Waals surface area (Å²) in [6.07, 6.45) is 1.29. The Hall–Kier alpha value is -2.78. The highest BCUT2D eigenvalue weighted by molar-refractivity contribution is 7.89. The van der Waals surface area contributed by atoms with Crippen molar-refractivity contribution in [3.8, 4) is 17.2 Å². The number of amides is 1. The van der Waals surface area contributed by atoms with Crippen LogP contribution in [-0.4, -0.2) is 46.7 Å². The summed E-state index contributed by atoms with van der Waals surface area (Å²) < 4.78 is 44.4. The van der Waals surface area contributed by atoms with Crippen molar-refractivity contribution in [2.45, 2.75) is 29.9 Å². The number of methoxy groups -OCH3 is 1. The Morgan fingerprint density at radius 3 is 2.66 bits per heavy atom. The van der Waals surface area contributed by atoms with Crippen LogP contribution in [0.4, 0.5) is 0 Å². The number of para-hydroxylation sites is 2. The molecular formula is C20H22N2O6S. The number of carbonyl (C=O) groups excluding carboxylic acids is 1. The molecule has 1 aliphatic heterocycles. The molecule has 1 amide bonds. The van der Waals surface area contributed by atoms with Crippen LogP contribution in [-0.2, 0) is 10.0 Å². The quantitative estimate of drug-likeness (QED) is 0.710. The van der Waals surface area contributed by atoms with Gasteiger partial charge in [-0.15, -0.1) is 0 Å². The van der Waals surface area contributed by atoms with Crippen molar-refractivity contribution in [2.75, 3.05) is 20.3 Å². The van der Waals surface area contributed by atoms with Gasteiger partial charge in [-0.3, -0.25) is 4.79 Å². The molecule has 1 saturated carbocycles. The molecule has 29 heavy (non-hydrogen) atoms. The van der Waals surface area contributed by atoms with E-state index in [0.29, 0.717) is 18.1 Å². The number of hydrogen-bond acceptors (Lipinski definition) is 6. The summed E-state index contributed by atoms with van der Waals surface area (Å²) in [5.74, 6) is 1.08. The van der Waals surface area contributed by atoms with Crippen molar-refractivity contribution in [1.29, 1.82) is 0 Å². The number of benzene rings is 2. The Kier molecular flexibility index (Phi) is 5.33. The fourth-order valence-corrected chi connectivity index (χ4v) is 4.48. The summed E-state index contributed by atoms with van der Waals surface area (Å²) in [4.78, 5) is 12.5. The van der Waals surface area contributed by atoms with Gasteiger partial charge in [0.15, 0.2) is 11.5 Å². The van der Waals surface area contributed by atoms with Gasteiger partial charge in [0.05, 0.1) is 13.7 Å². The lowest BCUT2D eigenvalue weighted by molar-refractivity contribution is 0.0789. The zero-order chi connectivity index (χ0) is 20.4. The summed E-state index contributed by atoms with van der Waals surface area (Å²) in [7, 11) is -2.37. The van der Waals surface area contributed by atoms with Crippen LogP contribution in [0.3, 0.4) is 0 Å². The smallest absolute Gasteiger partial charge is 0.251 e. The third kappa shape index (κ3) is 4.46. The Labute approximate surface area is 169 Å². The van der Waals surface area contributed by atoms with Crippen molar-refractivity contribution >= 4 is 15.9 Å². The van der Waals surface area contributed by atoms with Crippen LogP contribution in [0.5, 0.6) is 17.2 Å². The Balaban J connectivity index is 1.44. The predicted molar refractivity (Wildman–Crippen MR) is 105 cm³/mol. The minimum Gasteiger partial charge on any atom is -0.495 e. The molecule has 1 unspecified atom stereocenters. The molecule has 4 rings (SSSR count). The van der Waals surface area contributed by atoms with E-state index in [2.05, 4.69) is 10.0 Å². The van der Waals surface area contributed by atoms with Gasteiger partial charge in [-0.05, 0) is 43.2 Å². The summed E-state index contributed by atoms with van der Waals surface area (Å²) in [6.45, 7) is 0.534. The van der Waals surface area contributed by atoms with Gasteiger partial charge in [-0.2, -0.15) is 0 Å². The maximum absolute atomic E-state index is 12.6. The zero-order valence-electron chi connectivity index (χ0n) is 15.9. The lowest BCUT2D eigenvalue weighted by atomic mass is 10.2. The Bertz CT molecular complexity index is 1020. The second-order valence-electron chi connectivity index (χ2n) is 6.97. The summed E-state index contributed by atoms with van der Waals surface area (Å²) >= 11 is 0. The number of rotatable bonds is 7. The number of hydrogen-bond donors (Lipinski definition) is 2.